The first-order valence-corrected chi connectivity index (χ1v) is 5.27. The maximum Gasteiger partial charge on any atom is 0.573 e. The second-order valence-corrected chi connectivity index (χ2v) is 4.05. The average Bonchev–Trinajstić information content (AvgIpc) is 2.66. The van der Waals surface area contributed by atoms with Gasteiger partial charge in [0.25, 0.3) is 0 Å². The number of halogens is 3. The van der Waals surface area contributed by atoms with Crippen molar-refractivity contribution >= 4 is 11.6 Å². The van der Waals surface area contributed by atoms with E-state index in [-0.39, 0.29) is 23.9 Å². The monoisotopic (exact) mass is 260 g/mol. The Morgan fingerprint density at radius 3 is 2.67 bits per heavy atom. The number of rotatable bonds is 2. The maximum atomic E-state index is 12.1. The lowest BCUT2D eigenvalue weighted by molar-refractivity contribution is -0.274. The number of hydrogen-bond donors (Lipinski definition) is 2. The summed E-state index contributed by atoms with van der Waals surface area (Å²) in [5.41, 5.74) is 5.92. The Balaban J connectivity index is 2.23. The summed E-state index contributed by atoms with van der Waals surface area (Å²) in [7, 11) is 0. The average molecular weight is 260 g/mol. The Kier molecular flexibility index (Phi) is 3.06. The van der Waals surface area contributed by atoms with Crippen LogP contribution in [0.25, 0.3) is 0 Å². The molecule has 98 valence electrons. The van der Waals surface area contributed by atoms with E-state index in [4.69, 9.17) is 5.73 Å². The Hall–Kier alpha value is -1.92. The molecule has 1 heterocycles. The summed E-state index contributed by atoms with van der Waals surface area (Å²) < 4.78 is 40.3. The fourth-order valence-corrected chi connectivity index (χ4v) is 1.86. The number of nitrogens with one attached hydrogen (secondary N) is 1. The second kappa shape index (κ2) is 4.40. The highest BCUT2D eigenvalue weighted by molar-refractivity contribution is 5.79. The molecule has 0 radical (unpaired) electrons. The predicted octanol–water partition coefficient (Wildman–Crippen LogP) is 1.77. The summed E-state index contributed by atoms with van der Waals surface area (Å²) >= 11 is 0. The van der Waals surface area contributed by atoms with Gasteiger partial charge in [0.1, 0.15) is 0 Å². The summed E-state index contributed by atoms with van der Waals surface area (Å²) in [5.74, 6) is -0.692. The molecule has 4 nitrogen and oxygen atoms in total. The van der Waals surface area contributed by atoms with Gasteiger partial charge in [0.2, 0.25) is 5.91 Å². The maximum absolute atomic E-state index is 12.1. The van der Waals surface area contributed by atoms with E-state index < -0.39 is 12.1 Å². The van der Waals surface area contributed by atoms with Crippen molar-refractivity contribution in [2.24, 2.45) is 0 Å². The number of nitrogen functional groups attached to an aromatic ring is 1. The molecule has 1 aromatic rings. The summed E-state index contributed by atoms with van der Waals surface area (Å²) in [5, 5.41) is 2.62. The number of ether oxygens (including phenoxy) is 1. The first-order chi connectivity index (χ1) is 8.35. The molecule has 0 unspecified atom stereocenters. The van der Waals surface area contributed by atoms with Crippen LogP contribution in [0.1, 0.15) is 17.9 Å². The molecule has 7 heteroatoms. The molecule has 1 atom stereocenters. The fraction of sp³-hybridized carbons (Fsp3) is 0.364. The molecule has 1 aliphatic rings. The third kappa shape index (κ3) is 2.85. The zero-order valence-electron chi connectivity index (χ0n) is 9.25. The van der Waals surface area contributed by atoms with Gasteiger partial charge >= 0.3 is 6.36 Å². The van der Waals surface area contributed by atoms with Crippen LogP contribution in [0.2, 0.25) is 0 Å². The molecule has 18 heavy (non-hydrogen) atoms. The Labute approximate surface area is 101 Å². The van der Waals surface area contributed by atoms with Crippen LogP contribution in [-0.4, -0.2) is 18.8 Å². The minimum atomic E-state index is -4.78. The topological polar surface area (TPSA) is 64.3 Å². The van der Waals surface area contributed by atoms with E-state index in [0.29, 0.717) is 12.1 Å². The Morgan fingerprint density at radius 1 is 1.39 bits per heavy atom. The van der Waals surface area contributed by atoms with Gasteiger partial charge in [-0.1, -0.05) is 6.07 Å². The molecule has 3 N–H and O–H groups in total. The minimum absolute atomic E-state index is 0.0895. The lowest BCUT2D eigenvalue weighted by Crippen LogP contribution is -2.18. The summed E-state index contributed by atoms with van der Waals surface area (Å²) in [4.78, 5) is 11.1. The molecule has 0 bridgehead atoms. The Morgan fingerprint density at radius 2 is 2.11 bits per heavy atom. The van der Waals surface area contributed by atoms with Gasteiger partial charge in [-0.25, -0.2) is 0 Å². The summed E-state index contributed by atoms with van der Waals surface area (Å²) in [6.45, 7) is 0.411. The quantitative estimate of drug-likeness (QED) is 0.796. The highest BCUT2D eigenvalue weighted by Gasteiger charge is 2.32. The fourth-order valence-electron chi connectivity index (χ4n) is 1.86. The van der Waals surface area contributed by atoms with Crippen LogP contribution in [0.3, 0.4) is 0 Å². The number of hydrogen-bond acceptors (Lipinski definition) is 3. The smallest absolute Gasteiger partial charge is 0.404 e. The molecule has 0 aliphatic carbocycles. The van der Waals surface area contributed by atoms with Crippen molar-refractivity contribution in [3.05, 3.63) is 23.8 Å². The van der Waals surface area contributed by atoms with Gasteiger partial charge in [-0.15, -0.1) is 13.2 Å². The van der Waals surface area contributed by atoms with Crippen LogP contribution < -0.4 is 15.8 Å². The van der Waals surface area contributed by atoms with Crippen LogP contribution in [0.5, 0.6) is 5.75 Å². The van der Waals surface area contributed by atoms with Gasteiger partial charge in [-0.05, 0) is 17.7 Å². The van der Waals surface area contributed by atoms with Crippen LogP contribution in [0, 0.1) is 0 Å². The van der Waals surface area contributed by atoms with Gasteiger partial charge in [-0.3, -0.25) is 4.79 Å². The van der Waals surface area contributed by atoms with Crippen molar-refractivity contribution in [2.45, 2.75) is 18.7 Å². The van der Waals surface area contributed by atoms with Gasteiger partial charge in [-0.2, -0.15) is 0 Å². The van der Waals surface area contributed by atoms with E-state index >= 15 is 0 Å². The summed E-state index contributed by atoms with van der Waals surface area (Å²) in [6, 6.07) is 4.18. The molecule has 0 saturated carbocycles. The minimum Gasteiger partial charge on any atom is -0.404 e. The van der Waals surface area contributed by atoms with Gasteiger partial charge < -0.3 is 15.8 Å². The number of benzene rings is 1. The first-order valence-electron chi connectivity index (χ1n) is 5.27. The molecule has 2 rings (SSSR count). The molecule has 1 saturated heterocycles. The van der Waals surface area contributed by atoms with E-state index in [2.05, 4.69) is 10.1 Å². The summed E-state index contributed by atoms with van der Waals surface area (Å²) in [6.07, 6.45) is -4.52. The van der Waals surface area contributed by atoms with Gasteiger partial charge in [0, 0.05) is 18.9 Å². The highest BCUT2D eigenvalue weighted by atomic mass is 19.4. The third-order valence-corrected chi connectivity index (χ3v) is 2.71. The van der Waals surface area contributed by atoms with E-state index in [1.54, 1.807) is 6.07 Å². The molecular weight excluding hydrogens is 249 g/mol. The second-order valence-electron chi connectivity index (χ2n) is 4.05. The molecule has 0 spiro atoms. The molecule has 1 amide bonds. The molecule has 0 aromatic heterocycles. The third-order valence-electron chi connectivity index (χ3n) is 2.71. The van der Waals surface area contributed by atoms with Crippen molar-refractivity contribution in [2.75, 3.05) is 12.3 Å². The van der Waals surface area contributed by atoms with Crippen LogP contribution in [-0.2, 0) is 4.79 Å². The number of carbonyl (C=O) groups is 1. The first kappa shape index (κ1) is 12.5. The van der Waals surface area contributed by atoms with Crippen molar-refractivity contribution in [1.82, 2.24) is 5.32 Å². The zero-order valence-corrected chi connectivity index (χ0v) is 9.25. The van der Waals surface area contributed by atoms with Crippen molar-refractivity contribution in [3.8, 4) is 5.75 Å². The van der Waals surface area contributed by atoms with Crippen LogP contribution in [0.15, 0.2) is 18.2 Å². The standard InChI is InChI=1S/C11H11F3N2O2/c12-11(13,14)18-9-3-6(1-2-8(9)15)7-4-10(17)16-5-7/h1-3,7H,4-5,15H2,(H,16,17)/t7-/m1/s1. The van der Waals surface area contributed by atoms with E-state index in [1.165, 1.54) is 12.1 Å². The highest BCUT2D eigenvalue weighted by Crippen LogP contribution is 2.33. The lowest BCUT2D eigenvalue weighted by Gasteiger charge is -2.14. The predicted molar refractivity (Wildman–Crippen MR) is 57.9 cm³/mol. The molecule has 1 aromatic carbocycles. The number of amides is 1. The number of nitrogens with two attached hydrogens (primary N) is 1. The van der Waals surface area contributed by atoms with E-state index in [9.17, 15) is 18.0 Å². The van der Waals surface area contributed by atoms with E-state index in [1.807, 2.05) is 0 Å². The van der Waals surface area contributed by atoms with Crippen molar-refractivity contribution < 1.29 is 22.7 Å². The number of alkyl halides is 3. The largest absolute Gasteiger partial charge is 0.573 e. The number of anilines is 1. The lowest BCUT2D eigenvalue weighted by atomic mass is 9.98. The van der Waals surface area contributed by atoms with Crippen LogP contribution >= 0.6 is 0 Å². The molecule has 1 fully saturated rings. The van der Waals surface area contributed by atoms with Crippen molar-refractivity contribution in [1.29, 1.82) is 0 Å². The molecule has 1 aliphatic heterocycles. The van der Waals surface area contributed by atoms with Gasteiger partial charge in [0.05, 0.1) is 5.69 Å². The number of carbonyl (C=O) groups excluding carboxylic acids is 1. The zero-order chi connectivity index (χ0) is 13.3. The van der Waals surface area contributed by atoms with Crippen LogP contribution in [0.4, 0.5) is 18.9 Å². The Bertz CT molecular complexity index is 474. The normalized spacial score (nSPS) is 19.7. The van der Waals surface area contributed by atoms with Gasteiger partial charge in [0.15, 0.2) is 5.75 Å². The van der Waals surface area contributed by atoms with Crippen molar-refractivity contribution in [3.63, 3.8) is 0 Å². The SMILES string of the molecule is Nc1ccc([C@H]2CNC(=O)C2)cc1OC(F)(F)F. The molecular formula is C11H11F3N2O2. The van der Waals surface area contributed by atoms with E-state index in [0.717, 1.165) is 0 Å².